The van der Waals surface area contributed by atoms with Crippen LogP contribution in [0.5, 0.6) is 0 Å². The van der Waals surface area contributed by atoms with Crippen LogP contribution in [0.3, 0.4) is 0 Å². The van der Waals surface area contributed by atoms with E-state index in [-0.39, 0.29) is 0 Å². The molecule has 2 nitrogen and oxygen atoms in total. The van der Waals surface area contributed by atoms with E-state index in [0.29, 0.717) is 12.0 Å². The lowest BCUT2D eigenvalue weighted by atomic mass is 9.68. The molecule has 0 bridgehead atoms. The maximum absolute atomic E-state index is 11.0. The average Bonchev–Trinajstić information content (AvgIpc) is 2.44. The van der Waals surface area contributed by atoms with E-state index in [1.807, 2.05) is 13.0 Å². The standard InChI is InChI=1S/C19H30O2/c1-6-21-19(11-9-18(4,5)10-12-19)17(20)16-8-7-14(2)15(3)13-16/h7-8,13,17,20H,6,9-12H2,1-5H3. The number of benzene rings is 1. The molecule has 0 amide bonds. The molecule has 118 valence electrons. The van der Waals surface area contributed by atoms with Gasteiger partial charge in [-0.2, -0.15) is 0 Å². The molecule has 0 radical (unpaired) electrons. The third-order valence-corrected chi connectivity index (χ3v) is 5.23. The quantitative estimate of drug-likeness (QED) is 0.870. The lowest BCUT2D eigenvalue weighted by molar-refractivity contribution is -0.153. The molecule has 1 fully saturated rings. The number of hydrogen-bond donors (Lipinski definition) is 1. The zero-order valence-electron chi connectivity index (χ0n) is 14.2. The summed E-state index contributed by atoms with van der Waals surface area (Å²) in [4.78, 5) is 0. The van der Waals surface area contributed by atoms with Crippen molar-refractivity contribution in [3.05, 3.63) is 34.9 Å². The molecule has 0 saturated heterocycles. The Hall–Kier alpha value is -0.860. The third-order valence-electron chi connectivity index (χ3n) is 5.23. The Morgan fingerprint density at radius 3 is 2.24 bits per heavy atom. The van der Waals surface area contributed by atoms with E-state index in [4.69, 9.17) is 4.74 Å². The Labute approximate surface area is 129 Å². The van der Waals surface area contributed by atoms with E-state index < -0.39 is 11.7 Å². The molecular formula is C19H30O2. The van der Waals surface area contributed by atoms with Crippen LogP contribution in [0.25, 0.3) is 0 Å². The van der Waals surface area contributed by atoms with Crippen molar-refractivity contribution in [2.45, 2.75) is 72.0 Å². The Bertz CT molecular complexity index is 480. The van der Waals surface area contributed by atoms with Gasteiger partial charge in [-0.3, -0.25) is 0 Å². The van der Waals surface area contributed by atoms with Gasteiger partial charge in [-0.15, -0.1) is 0 Å². The van der Waals surface area contributed by atoms with Crippen LogP contribution in [0.4, 0.5) is 0 Å². The van der Waals surface area contributed by atoms with Crippen LogP contribution in [0.2, 0.25) is 0 Å². The highest BCUT2D eigenvalue weighted by Crippen LogP contribution is 2.47. The smallest absolute Gasteiger partial charge is 0.108 e. The van der Waals surface area contributed by atoms with Crippen LogP contribution in [0.15, 0.2) is 18.2 Å². The average molecular weight is 290 g/mol. The summed E-state index contributed by atoms with van der Waals surface area (Å²) in [5.74, 6) is 0. The van der Waals surface area contributed by atoms with Gasteiger partial charge < -0.3 is 9.84 Å². The second-order valence-electron chi connectivity index (χ2n) is 7.41. The normalized spacial score (nSPS) is 22.0. The zero-order valence-corrected chi connectivity index (χ0v) is 14.2. The van der Waals surface area contributed by atoms with Crippen LogP contribution >= 0.6 is 0 Å². The van der Waals surface area contributed by atoms with Crippen molar-refractivity contribution in [3.8, 4) is 0 Å². The van der Waals surface area contributed by atoms with Gasteiger partial charge in [0.25, 0.3) is 0 Å². The van der Waals surface area contributed by atoms with Crippen LogP contribution in [-0.2, 0) is 4.74 Å². The predicted molar refractivity (Wildman–Crippen MR) is 87.5 cm³/mol. The highest BCUT2D eigenvalue weighted by atomic mass is 16.5. The molecule has 0 aromatic heterocycles. The topological polar surface area (TPSA) is 29.5 Å². The molecule has 1 unspecified atom stereocenters. The second kappa shape index (κ2) is 6.10. The van der Waals surface area contributed by atoms with E-state index in [1.165, 1.54) is 11.1 Å². The van der Waals surface area contributed by atoms with Gasteiger partial charge in [0.15, 0.2) is 0 Å². The Balaban J connectivity index is 2.27. The monoisotopic (exact) mass is 290 g/mol. The van der Waals surface area contributed by atoms with Crippen molar-refractivity contribution in [1.29, 1.82) is 0 Å². The third kappa shape index (κ3) is 3.49. The summed E-state index contributed by atoms with van der Waals surface area (Å²) >= 11 is 0. The lowest BCUT2D eigenvalue weighted by Crippen LogP contribution is -2.44. The minimum atomic E-state index is -0.534. The van der Waals surface area contributed by atoms with Crippen LogP contribution in [0.1, 0.15) is 69.2 Å². The van der Waals surface area contributed by atoms with Crippen molar-refractivity contribution < 1.29 is 9.84 Å². The van der Waals surface area contributed by atoms with E-state index in [1.54, 1.807) is 0 Å². The van der Waals surface area contributed by atoms with E-state index in [0.717, 1.165) is 31.2 Å². The first-order valence-corrected chi connectivity index (χ1v) is 8.19. The largest absolute Gasteiger partial charge is 0.385 e. The van der Waals surface area contributed by atoms with Gasteiger partial charge >= 0.3 is 0 Å². The molecule has 21 heavy (non-hydrogen) atoms. The molecule has 0 aliphatic heterocycles. The van der Waals surface area contributed by atoms with Gasteiger partial charge in [0.2, 0.25) is 0 Å². The summed E-state index contributed by atoms with van der Waals surface area (Å²) < 4.78 is 6.10. The zero-order chi connectivity index (χ0) is 15.7. The maximum atomic E-state index is 11.0. The Morgan fingerprint density at radius 2 is 1.71 bits per heavy atom. The summed E-state index contributed by atoms with van der Waals surface area (Å²) in [5, 5.41) is 11.0. The fourth-order valence-electron chi connectivity index (χ4n) is 3.37. The summed E-state index contributed by atoms with van der Waals surface area (Å²) in [6.07, 6.45) is 3.54. The maximum Gasteiger partial charge on any atom is 0.108 e. The summed E-state index contributed by atoms with van der Waals surface area (Å²) in [6.45, 7) is 11.5. The molecule has 1 saturated carbocycles. The summed E-state index contributed by atoms with van der Waals surface area (Å²) in [5.41, 5.74) is 3.44. The Morgan fingerprint density at radius 1 is 1.10 bits per heavy atom. The highest BCUT2D eigenvalue weighted by Gasteiger charge is 2.44. The van der Waals surface area contributed by atoms with Crippen LogP contribution in [0, 0.1) is 19.3 Å². The van der Waals surface area contributed by atoms with Crippen molar-refractivity contribution in [2.75, 3.05) is 6.61 Å². The van der Waals surface area contributed by atoms with Gasteiger partial charge in [-0.05, 0) is 68.6 Å². The fraction of sp³-hybridized carbons (Fsp3) is 0.684. The van der Waals surface area contributed by atoms with Gasteiger partial charge in [-0.25, -0.2) is 0 Å². The number of aliphatic hydroxyl groups is 1. The first-order chi connectivity index (χ1) is 9.80. The molecule has 2 heteroatoms. The SMILES string of the molecule is CCOC1(C(O)c2ccc(C)c(C)c2)CCC(C)(C)CC1. The lowest BCUT2D eigenvalue weighted by Gasteiger charge is -2.46. The molecule has 0 spiro atoms. The van der Waals surface area contributed by atoms with Gasteiger partial charge in [-0.1, -0.05) is 32.0 Å². The molecule has 1 aliphatic carbocycles. The number of rotatable bonds is 4. The second-order valence-corrected chi connectivity index (χ2v) is 7.41. The fourth-order valence-corrected chi connectivity index (χ4v) is 3.37. The van der Waals surface area contributed by atoms with Crippen molar-refractivity contribution in [3.63, 3.8) is 0 Å². The van der Waals surface area contributed by atoms with E-state index in [2.05, 4.69) is 39.8 Å². The molecule has 1 N–H and O–H groups in total. The molecule has 1 aromatic rings. The summed E-state index contributed by atoms with van der Waals surface area (Å²) in [7, 11) is 0. The van der Waals surface area contributed by atoms with Gasteiger partial charge in [0.05, 0.1) is 5.60 Å². The number of aliphatic hydroxyl groups excluding tert-OH is 1. The predicted octanol–water partition coefficient (Wildman–Crippen LogP) is 4.71. The first-order valence-electron chi connectivity index (χ1n) is 8.19. The minimum absolute atomic E-state index is 0.365. The highest BCUT2D eigenvalue weighted by molar-refractivity contribution is 5.32. The molecule has 2 rings (SSSR count). The van der Waals surface area contributed by atoms with Crippen molar-refractivity contribution in [2.24, 2.45) is 5.41 Å². The van der Waals surface area contributed by atoms with Crippen molar-refractivity contribution >= 4 is 0 Å². The van der Waals surface area contributed by atoms with Crippen molar-refractivity contribution in [1.82, 2.24) is 0 Å². The minimum Gasteiger partial charge on any atom is -0.385 e. The van der Waals surface area contributed by atoms with E-state index in [9.17, 15) is 5.11 Å². The first kappa shape index (κ1) is 16.5. The Kier molecular flexibility index (Phi) is 4.79. The van der Waals surface area contributed by atoms with Crippen LogP contribution < -0.4 is 0 Å². The van der Waals surface area contributed by atoms with E-state index >= 15 is 0 Å². The molecule has 0 heterocycles. The van der Waals surface area contributed by atoms with Crippen LogP contribution in [-0.4, -0.2) is 17.3 Å². The molecule has 1 aliphatic rings. The molecular weight excluding hydrogens is 260 g/mol. The number of hydrogen-bond acceptors (Lipinski definition) is 2. The van der Waals surface area contributed by atoms with Gasteiger partial charge in [0.1, 0.15) is 6.10 Å². The molecule has 1 atom stereocenters. The number of ether oxygens (including phenoxy) is 1. The summed E-state index contributed by atoms with van der Waals surface area (Å²) in [6, 6.07) is 6.26. The molecule has 1 aromatic carbocycles. The van der Waals surface area contributed by atoms with Gasteiger partial charge in [0, 0.05) is 6.61 Å². The number of aryl methyl sites for hydroxylation is 2.